The summed E-state index contributed by atoms with van der Waals surface area (Å²) in [4.78, 5) is 28.9. The van der Waals surface area contributed by atoms with Crippen molar-refractivity contribution in [3.05, 3.63) is 33.9 Å². The van der Waals surface area contributed by atoms with Gasteiger partial charge >= 0.3 is 0 Å². The average Bonchev–Trinajstić information content (AvgIpc) is 2.45. The second-order valence-electron chi connectivity index (χ2n) is 3.50. The maximum Gasteiger partial charge on any atom is 0.262 e. The number of pyridine rings is 1. The van der Waals surface area contributed by atoms with E-state index >= 15 is 0 Å². The number of amides is 2. The van der Waals surface area contributed by atoms with Crippen molar-refractivity contribution in [2.45, 2.75) is 13.8 Å². The Morgan fingerprint density at radius 2 is 1.75 bits per heavy atom. The first-order valence-electron chi connectivity index (χ1n) is 4.71. The minimum atomic E-state index is -0.304. The van der Waals surface area contributed by atoms with E-state index in [-0.39, 0.29) is 11.8 Å². The first kappa shape index (κ1) is 11.0. The minimum Gasteiger partial charge on any atom is -0.269 e. The lowest BCUT2D eigenvalue weighted by molar-refractivity contribution is -0.120. The van der Waals surface area contributed by atoms with E-state index in [9.17, 15) is 9.59 Å². The van der Waals surface area contributed by atoms with Crippen LogP contribution in [0.25, 0.3) is 0 Å². The Kier molecular flexibility index (Phi) is 2.63. The molecule has 2 heterocycles. The van der Waals surface area contributed by atoms with E-state index in [1.54, 1.807) is 32.2 Å². The Labute approximate surface area is 101 Å². The second-order valence-corrected chi connectivity index (χ2v) is 4.36. The van der Waals surface area contributed by atoms with Crippen LogP contribution in [0.5, 0.6) is 0 Å². The molecule has 0 aromatic carbocycles. The van der Waals surface area contributed by atoms with Crippen LogP contribution in [-0.4, -0.2) is 16.8 Å². The summed E-state index contributed by atoms with van der Waals surface area (Å²) in [5, 5.41) is 0. The van der Waals surface area contributed by atoms with E-state index in [0.29, 0.717) is 21.4 Å². The van der Waals surface area contributed by atoms with Crippen molar-refractivity contribution in [2.75, 3.05) is 4.90 Å². The Balaban J connectivity index is 2.51. The molecule has 2 rings (SSSR count). The molecule has 0 aliphatic carbocycles. The molecule has 1 aromatic heterocycles. The molecule has 1 aromatic rings. The van der Waals surface area contributed by atoms with E-state index in [4.69, 9.17) is 0 Å². The van der Waals surface area contributed by atoms with Crippen molar-refractivity contribution in [3.8, 4) is 0 Å². The predicted octanol–water partition coefficient (Wildman–Crippen LogP) is 2.05. The molecule has 1 aliphatic rings. The largest absolute Gasteiger partial charge is 0.269 e. The van der Waals surface area contributed by atoms with Crippen LogP contribution in [0, 0.1) is 0 Å². The number of aromatic nitrogens is 1. The number of hydrogen-bond acceptors (Lipinski definition) is 3. The number of rotatable bonds is 1. The van der Waals surface area contributed by atoms with Crippen molar-refractivity contribution < 1.29 is 9.59 Å². The van der Waals surface area contributed by atoms with Gasteiger partial charge in [0.2, 0.25) is 0 Å². The third-order valence-electron chi connectivity index (χ3n) is 2.56. The molecule has 0 unspecified atom stereocenters. The highest BCUT2D eigenvalue weighted by Crippen LogP contribution is 2.30. The van der Waals surface area contributed by atoms with Crippen LogP contribution in [-0.2, 0) is 9.59 Å². The first-order chi connectivity index (χ1) is 7.54. The Hall–Kier alpha value is -1.49. The van der Waals surface area contributed by atoms with E-state index in [0.717, 1.165) is 4.90 Å². The average molecular weight is 281 g/mol. The summed E-state index contributed by atoms with van der Waals surface area (Å²) in [7, 11) is 0. The SMILES string of the molecule is CC1=C(C)C(=O)N(c2ncccc2Br)C1=O. The zero-order valence-corrected chi connectivity index (χ0v) is 10.4. The molecule has 0 bridgehead atoms. The number of imide groups is 1. The number of hydrogen-bond donors (Lipinski definition) is 0. The van der Waals surface area contributed by atoms with E-state index in [2.05, 4.69) is 20.9 Å². The van der Waals surface area contributed by atoms with Crippen molar-refractivity contribution in [1.82, 2.24) is 4.98 Å². The summed E-state index contributed by atoms with van der Waals surface area (Å²) in [6, 6.07) is 3.47. The molecular weight excluding hydrogens is 272 g/mol. The van der Waals surface area contributed by atoms with Gasteiger partial charge in [-0.1, -0.05) is 0 Å². The molecule has 1 aliphatic heterocycles. The molecule has 82 valence electrons. The zero-order chi connectivity index (χ0) is 11.9. The van der Waals surface area contributed by atoms with Crippen LogP contribution >= 0.6 is 15.9 Å². The van der Waals surface area contributed by atoms with Crippen molar-refractivity contribution >= 4 is 33.6 Å². The van der Waals surface area contributed by atoms with Gasteiger partial charge in [0.25, 0.3) is 11.8 Å². The molecule has 0 saturated heterocycles. The van der Waals surface area contributed by atoms with E-state index in [1.807, 2.05) is 0 Å². The molecular formula is C11H9BrN2O2. The summed E-state index contributed by atoms with van der Waals surface area (Å²) < 4.78 is 0.624. The normalized spacial score (nSPS) is 16.3. The highest BCUT2D eigenvalue weighted by Gasteiger charge is 2.36. The van der Waals surface area contributed by atoms with Crippen LogP contribution in [0.1, 0.15) is 13.8 Å². The van der Waals surface area contributed by atoms with Gasteiger partial charge in [0.1, 0.15) is 0 Å². The van der Waals surface area contributed by atoms with Gasteiger partial charge in [-0.2, -0.15) is 0 Å². The molecule has 2 amide bonds. The van der Waals surface area contributed by atoms with Gasteiger partial charge in [-0.05, 0) is 41.9 Å². The van der Waals surface area contributed by atoms with Gasteiger partial charge in [0, 0.05) is 17.3 Å². The summed E-state index contributed by atoms with van der Waals surface area (Å²) in [6.45, 7) is 3.29. The van der Waals surface area contributed by atoms with Crippen molar-refractivity contribution in [1.29, 1.82) is 0 Å². The second kappa shape index (κ2) is 3.83. The molecule has 0 spiro atoms. The summed E-state index contributed by atoms with van der Waals surface area (Å²) >= 11 is 3.27. The van der Waals surface area contributed by atoms with Crippen LogP contribution in [0.3, 0.4) is 0 Å². The molecule has 4 nitrogen and oxygen atoms in total. The van der Waals surface area contributed by atoms with Gasteiger partial charge in [0.05, 0.1) is 4.47 Å². The third kappa shape index (κ3) is 1.48. The lowest BCUT2D eigenvalue weighted by Gasteiger charge is -2.14. The van der Waals surface area contributed by atoms with E-state index in [1.165, 1.54) is 0 Å². The van der Waals surface area contributed by atoms with Gasteiger partial charge in [0.15, 0.2) is 5.82 Å². The predicted molar refractivity (Wildman–Crippen MR) is 62.8 cm³/mol. The van der Waals surface area contributed by atoms with Gasteiger partial charge in [-0.15, -0.1) is 0 Å². The molecule has 5 heteroatoms. The molecule has 0 saturated carbocycles. The number of halogens is 1. The zero-order valence-electron chi connectivity index (χ0n) is 8.82. The van der Waals surface area contributed by atoms with Crippen LogP contribution in [0.15, 0.2) is 33.9 Å². The van der Waals surface area contributed by atoms with Gasteiger partial charge in [-0.3, -0.25) is 9.59 Å². The standard InChI is InChI=1S/C11H9BrN2O2/c1-6-7(2)11(16)14(10(6)15)9-8(12)4-3-5-13-9/h3-5H,1-2H3. The fraction of sp³-hybridized carbons (Fsp3) is 0.182. The Bertz CT molecular complexity index is 498. The third-order valence-corrected chi connectivity index (χ3v) is 3.18. The fourth-order valence-electron chi connectivity index (χ4n) is 1.48. The van der Waals surface area contributed by atoms with Crippen LogP contribution in [0.4, 0.5) is 5.82 Å². The Morgan fingerprint density at radius 1 is 1.19 bits per heavy atom. The number of anilines is 1. The maximum absolute atomic E-state index is 11.9. The Morgan fingerprint density at radius 3 is 2.25 bits per heavy atom. The quantitative estimate of drug-likeness (QED) is 0.740. The fourth-order valence-corrected chi connectivity index (χ4v) is 1.92. The highest BCUT2D eigenvalue weighted by atomic mass is 79.9. The summed E-state index contributed by atoms with van der Waals surface area (Å²) in [6.07, 6.45) is 1.55. The first-order valence-corrected chi connectivity index (χ1v) is 5.50. The lowest BCUT2D eigenvalue weighted by Crippen LogP contribution is -2.32. The topological polar surface area (TPSA) is 50.3 Å². The van der Waals surface area contributed by atoms with E-state index < -0.39 is 0 Å². The number of carbonyl (C=O) groups excluding carboxylic acids is 2. The smallest absolute Gasteiger partial charge is 0.262 e. The molecule has 0 N–H and O–H groups in total. The highest BCUT2D eigenvalue weighted by molar-refractivity contribution is 9.10. The molecule has 0 fully saturated rings. The summed E-state index contributed by atoms with van der Waals surface area (Å²) in [5.41, 5.74) is 0.949. The van der Waals surface area contributed by atoms with Crippen LogP contribution in [0.2, 0.25) is 0 Å². The summed E-state index contributed by atoms with van der Waals surface area (Å²) in [5.74, 6) is -0.266. The van der Waals surface area contributed by atoms with Crippen molar-refractivity contribution in [2.24, 2.45) is 0 Å². The maximum atomic E-state index is 11.9. The monoisotopic (exact) mass is 280 g/mol. The van der Waals surface area contributed by atoms with Crippen LogP contribution < -0.4 is 4.90 Å². The molecule has 0 radical (unpaired) electrons. The molecule has 0 atom stereocenters. The lowest BCUT2D eigenvalue weighted by atomic mass is 10.2. The van der Waals surface area contributed by atoms with Crippen molar-refractivity contribution in [3.63, 3.8) is 0 Å². The number of carbonyl (C=O) groups is 2. The van der Waals surface area contributed by atoms with Gasteiger partial charge < -0.3 is 0 Å². The molecule has 16 heavy (non-hydrogen) atoms. The van der Waals surface area contributed by atoms with Gasteiger partial charge in [-0.25, -0.2) is 9.88 Å². The minimum absolute atomic E-state index is 0.304. The number of nitrogens with zero attached hydrogens (tertiary/aromatic N) is 2.